The second-order valence-electron chi connectivity index (χ2n) is 4.72. The van der Waals surface area contributed by atoms with Crippen LogP contribution < -0.4 is 0 Å². The predicted octanol–water partition coefficient (Wildman–Crippen LogP) is 4.98. The summed E-state index contributed by atoms with van der Waals surface area (Å²) < 4.78 is 41.1. The van der Waals surface area contributed by atoms with E-state index in [2.05, 4.69) is 10.1 Å². The molecule has 0 aliphatic heterocycles. The van der Waals surface area contributed by atoms with Crippen LogP contribution in [0.15, 0.2) is 30.5 Å². The summed E-state index contributed by atoms with van der Waals surface area (Å²) in [7, 11) is 0. The van der Waals surface area contributed by atoms with Gasteiger partial charge in [0.25, 0.3) is 0 Å². The molecule has 0 radical (unpaired) electrons. The van der Waals surface area contributed by atoms with Crippen molar-refractivity contribution in [3.05, 3.63) is 50.3 Å². The lowest BCUT2D eigenvalue weighted by Gasteiger charge is -2.11. The lowest BCUT2D eigenvalue weighted by atomic mass is 10.1. The van der Waals surface area contributed by atoms with Crippen molar-refractivity contribution in [1.29, 1.82) is 0 Å². The molecule has 3 aromatic rings. The van der Waals surface area contributed by atoms with Crippen LogP contribution in [0.2, 0.25) is 5.02 Å². The molecule has 0 saturated carbocycles. The second-order valence-corrected chi connectivity index (χ2v) is 6.29. The molecule has 0 aliphatic carbocycles. The Morgan fingerprint density at radius 1 is 1.23 bits per heavy atom. The fourth-order valence-electron chi connectivity index (χ4n) is 2.09. The molecule has 2 aromatic heterocycles. The summed E-state index contributed by atoms with van der Waals surface area (Å²) in [5, 5.41) is 4.31. The maximum absolute atomic E-state index is 13.3. The number of hydrogen-bond donors (Lipinski definition) is 0. The van der Waals surface area contributed by atoms with Gasteiger partial charge in [0.15, 0.2) is 11.3 Å². The minimum atomic E-state index is -4.52. The Labute approximate surface area is 142 Å². The van der Waals surface area contributed by atoms with E-state index in [1.165, 1.54) is 6.20 Å². The molecule has 0 saturated heterocycles. The normalized spacial score (nSPS) is 12.1. The standard InChI is InChI=1S/C14H8ClF3IN3/c1-7-4-8(2-3-9(7)15)11-5-12(14(16,17)18)22-13(21-11)10(19)6-20-22/h2-6H,1H3. The smallest absolute Gasteiger partial charge is 0.227 e. The summed E-state index contributed by atoms with van der Waals surface area (Å²) in [4.78, 5) is 4.30. The summed E-state index contributed by atoms with van der Waals surface area (Å²) in [5.41, 5.74) is 0.906. The molecule has 0 bridgehead atoms. The first-order valence-electron chi connectivity index (χ1n) is 6.15. The number of halogens is 5. The summed E-state index contributed by atoms with van der Waals surface area (Å²) >= 11 is 7.87. The molecule has 8 heteroatoms. The Morgan fingerprint density at radius 2 is 1.95 bits per heavy atom. The van der Waals surface area contributed by atoms with Gasteiger partial charge >= 0.3 is 6.18 Å². The lowest BCUT2D eigenvalue weighted by Crippen LogP contribution is -2.13. The van der Waals surface area contributed by atoms with Crippen molar-refractivity contribution in [3.63, 3.8) is 0 Å². The van der Waals surface area contributed by atoms with Crippen LogP contribution in [0.5, 0.6) is 0 Å². The van der Waals surface area contributed by atoms with E-state index < -0.39 is 11.9 Å². The average Bonchev–Trinajstić information content (AvgIpc) is 2.81. The van der Waals surface area contributed by atoms with Crippen LogP contribution in [0.1, 0.15) is 11.3 Å². The molecule has 3 rings (SSSR count). The van der Waals surface area contributed by atoms with Gasteiger partial charge in [-0.05, 0) is 53.3 Å². The van der Waals surface area contributed by atoms with Gasteiger partial charge < -0.3 is 0 Å². The highest BCUT2D eigenvalue weighted by molar-refractivity contribution is 14.1. The number of rotatable bonds is 1. The van der Waals surface area contributed by atoms with Gasteiger partial charge in [-0.15, -0.1) is 0 Å². The second kappa shape index (κ2) is 5.38. The van der Waals surface area contributed by atoms with E-state index in [1.807, 2.05) is 22.6 Å². The van der Waals surface area contributed by atoms with Crippen molar-refractivity contribution >= 4 is 39.8 Å². The van der Waals surface area contributed by atoms with Crippen LogP contribution in [0.3, 0.4) is 0 Å². The van der Waals surface area contributed by atoms with Crippen molar-refractivity contribution < 1.29 is 13.2 Å². The van der Waals surface area contributed by atoms with Crippen LogP contribution in [0.4, 0.5) is 13.2 Å². The zero-order valence-corrected chi connectivity index (χ0v) is 14.0. The Balaban J connectivity index is 2.30. The van der Waals surface area contributed by atoms with Crippen LogP contribution >= 0.6 is 34.2 Å². The largest absolute Gasteiger partial charge is 0.433 e. The summed E-state index contributed by atoms with van der Waals surface area (Å²) in [6.45, 7) is 1.79. The molecule has 3 nitrogen and oxygen atoms in total. The van der Waals surface area contributed by atoms with Gasteiger partial charge in [-0.2, -0.15) is 18.3 Å². The summed E-state index contributed by atoms with van der Waals surface area (Å²) in [5.74, 6) is 0. The van der Waals surface area contributed by atoms with E-state index in [9.17, 15) is 13.2 Å². The van der Waals surface area contributed by atoms with E-state index in [-0.39, 0.29) is 11.3 Å². The van der Waals surface area contributed by atoms with Gasteiger partial charge in [0.05, 0.1) is 15.5 Å². The molecular weight excluding hydrogens is 430 g/mol. The highest BCUT2D eigenvalue weighted by atomic mass is 127. The molecule has 0 N–H and O–H groups in total. The van der Waals surface area contributed by atoms with Crippen molar-refractivity contribution in [2.75, 3.05) is 0 Å². The summed E-state index contributed by atoms with van der Waals surface area (Å²) in [6.07, 6.45) is -3.17. The fraction of sp³-hybridized carbons (Fsp3) is 0.143. The topological polar surface area (TPSA) is 30.2 Å². The zero-order chi connectivity index (χ0) is 16.1. The number of alkyl halides is 3. The highest BCUT2D eigenvalue weighted by Crippen LogP contribution is 2.33. The number of hydrogen-bond acceptors (Lipinski definition) is 2. The minimum Gasteiger partial charge on any atom is -0.227 e. The molecule has 0 atom stereocenters. The fourth-order valence-corrected chi connectivity index (χ4v) is 2.68. The maximum atomic E-state index is 13.3. The monoisotopic (exact) mass is 437 g/mol. The predicted molar refractivity (Wildman–Crippen MR) is 85.9 cm³/mol. The Hall–Kier alpha value is -1.35. The number of aromatic nitrogens is 3. The molecule has 0 aliphatic rings. The molecule has 22 heavy (non-hydrogen) atoms. The third kappa shape index (κ3) is 2.67. The quantitative estimate of drug-likeness (QED) is 0.503. The molecule has 114 valence electrons. The van der Waals surface area contributed by atoms with E-state index in [1.54, 1.807) is 25.1 Å². The SMILES string of the molecule is Cc1cc(-c2cc(C(F)(F)F)n3ncc(I)c3n2)ccc1Cl. The molecule has 0 fully saturated rings. The average molecular weight is 438 g/mol. The zero-order valence-electron chi connectivity index (χ0n) is 11.1. The number of fused-ring (bicyclic) bond motifs is 1. The third-order valence-electron chi connectivity index (χ3n) is 3.17. The van der Waals surface area contributed by atoms with Gasteiger partial charge in [-0.25, -0.2) is 9.50 Å². The molecule has 2 heterocycles. The Morgan fingerprint density at radius 3 is 2.59 bits per heavy atom. The first kappa shape index (κ1) is 15.5. The van der Waals surface area contributed by atoms with Crippen LogP contribution in [-0.2, 0) is 6.18 Å². The molecular formula is C14H8ClF3IN3. The number of nitrogens with zero attached hydrogens (tertiary/aromatic N) is 3. The van der Waals surface area contributed by atoms with Gasteiger partial charge in [0, 0.05) is 10.6 Å². The van der Waals surface area contributed by atoms with Crippen molar-refractivity contribution in [3.8, 4) is 11.3 Å². The van der Waals surface area contributed by atoms with Gasteiger partial charge in [-0.3, -0.25) is 0 Å². The minimum absolute atomic E-state index is 0.179. The van der Waals surface area contributed by atoms with Crippen LogP contribution in [0, 0.1) is 10.5 Å². The Bertz CT molecular complexity index is 874. The lowest BCUT2D eigenvalue weighted by molar-refractivity contribution is -0.142. The van der Waals surface area contributed by atoms with E-state index in [0.717, 1.165) is 16.1 Å². The van der Waals surface area contributed by atoms with E-state index >= 15 is 0 Å². The van der Waals surface area contributed by atoms with Crippen molar-refractivity contribution in [2.45, 2.75) is 13.1 Å². The van der Waals surface area contributed by atoms with Crippen molar-refractivity contribution in [1.82, 2.24) is 14.6 Å². The van der Waals surface area contributed by atoms with Crippen LogP contribution in [-0.4, -0.2) is 14.6 Å². The maximum Gasteiger partial charge on any atom is 0.433 e. The third-order valence-corrected chi connectivity index (χ3v) is 4.36. The first-order valence-corrected chi connectivity index (χ1v) is 7.61. The van der Waals surface area contributed by atoms with Gasteiger partial charge in [-0.1, -0.05) is 17.7 Å². The van der Waals surface area contributed by atoms with Crippen molar-refractivity contribution in [2.24, 2.45) is 0 Å². The van der Waals surface area contributed by atoms with E-state index in [4.69, 9.17) is 11.6 Å². The first-order chi connectivity index (χ1) is 10.3. The number of aryl methyl sites for hydroxylation is 1. The van der Waals surface area contributed by atoms with Crippen LogP contribution in [0.25, 0.3) is 16.9 Å². The van der Waals surface area contributed by atoms with Gasteiger partial charge in [0.1, 0.15) is 0 Å². The molecule has 0 unspecified atom stereocenters. The highest BCUT2D eigenvalue weighted by Gasteiger charge is 2.35. The Kier molecular flexibility index (Phi) is 3.80. The van der Waals surface area contributed by atoms with Gasteiger partial charge in [0.2, 0.25) is 0 Å². The molecule has 0 amide bonds. The molecule has 0 spiro atoms. The molecule has 1 aromatic carbocycles. The summed E-state index contributed by atoms with van der Waals surface area (Å²) in [6, 6.07) is 6.01. The number of benzene rings is 1. The van der Waals surface area contributed by atoms with E-state index in [0.29, 0.717) is 14.2 Å².